The maximum absolute atomic E-state index is 12.3. The summed E-state index contributed by atoms with van der Waals surface area (Å²) in [6.07, 6.45) is 9.57. The number of ether oxygens (including phenoxy) is 2. The summed E-state index contributed by atoms with van der Waals surface area (Å²) < 4.78 is 11.2. The van der Waals surface area contributed by atoms with E-state index >= 15 is 0 Å². The van der Waals surface area contributed by atoms with E-state index in [4.69, 9.17) is 9.47 Å². The van der Waals surface area contributed by atoms with Crippen molar-refractivity contribution in [2.24, 2.45) is 0 Å². The SMILES string of the molecule is C=CCN(C)C/C=C/COc1ccc2c(c1)CCCN2C(=O)OCCCC. The first-order valence-corrected chi connectivity index (χ1v) is 9.80. The molecule has 0 bridgehead atoms. The fourth-order valence-corrected chi connectivity index (χ4v) is 3.00. The molecule has 27 heavy (non-hydrogen) atoms. The number of benzene rings is 1. The Hall–Kier alpha value is -2.27. The molecule has 0 aliphatic carbocycles. The van der Waals surface area contributed by atoms with Gasteiger partial charge in [0.05, 0.1) is 12.3 Å². The number of unbranched alkanes of at least 4 members (excludes halogenated alkanes) is 1. The van der Waals surface area contributed by atoms with Crippen LogP contribution in [-0.2, 0) is 11.2 Å². The standard InChI is InChI=1S/C22H32N2O3/c1-4-6-16-27-22(25)24-15-9-10-19-18-20(11-12-21(19)24)26-17-8-7-14-23(3)13-5-2/h5,7-8,11-12,18H,2,4,6,9-10,13-17H2,1,3H3/b8-7+. The van der Waals surface area contributed by atoms with Gasteiger partial charge in [0.15, 0.2) is 0 Å². The Bertz CT molecular complexity index is 642. The number of amides is 1. The van der Waals surface area contributed by atoms with Crippen molar-refractivity contribution in [2.75, 3.05) is 44.8 Å². The van der Waals surface area contributed by atoms with Crippen LogP contribution in [0.15, 0.2) is 43.0 Å². The highest BCUT2D eigenvalue weighted by molar-refractivity contribution is 5.89. The second kappa shape index (κ2) is 11.4. The molecule has 2 rings (SSSR count). The molecule has 0 aromatic heterocycles. The summed E-state index contributed by atoms with van der Waals surface area (Å²) >= 11 is 0. The van der Waals surface area contributed by atoms with E-state index in [0.29, 0.717) is 19.8 Å². The quantitative estimate of drug-likeness (QED) is 0.450. The Morgan fingerprint density at radius 2 is 2.19 bits per heavy atom. The summed E-state index contributed by atoms with van der Waals surface area (Å²) in [5.74, 6) is 0.832. The number of rotatable bonds is 10. The molecule has 1 aromatic rings. The molecular weight excluding hydrogens is 340 g/mol. The fourth-order valence-electron chi connectivity index (χ4n) is 3.00. The summed E-state index contributed by atoms with van der Waals surface area (Å²) in [5, 5.41) is 0. The Balaban J connectivity index is 1.89. The molecule has 5 nitrogen and oxygen atoms in total. The summed E-state index contributed by atoms with van der Waals surface area (Å²) in [4.78, 5) is 16.2. The van der Waals surface area contributed by atoms with Crippen molar-refractivity contribution in [1.29, 1.82) is 0 Å². The highest BCUT2D eigenvalue weighted by Gasteiger charge is 2.23. The van der Waals surface area contributed by atoms with Crippen LogP contribution in [0, 0.1) is 0 Å². The van der Waals surface area contributed by atoms with Gasteiger partial charge >= 0.3 is 6.09 Å². The lowest BCUT2D eigenvalue weighted by atomic mass is 10.0. The molecule has 0 N–H and O–H groups in total. The van der Waals surface area contributed by atoms with E-state index in [1.54, 1.807) is 4.90 Å². The third-order valence-corrected chi connectivity index (χ3v) is 4.48. The Kier molecular flexibility index (Phi) is 8.92. The third kappa shape index (κ3) is 6.75. The predicted molar refractivity (Wildman–Crippen MR) is 111 cm³/mol. The zero-order valence-electron chi connectivity index (χ0n) is 16.7. The van der Waals surface area contributed by atoms with Crippen molar-refractivity contribution in [3.05, 3.63) is 48.6 Å². The van der Waals surface area contributed by atoms with Gasteiger partial charge in [-0.05, 0) is 50.1 Å². The summed E-state index contributed by atoms with van der Waals surface area (Å²) in [5.41, 5.74) is 2.08. The molecule has 5 heteroatoms. The predicted octanol–water partition coefficient (Wildman–Crippen LogP) is 4.43. The number of hydrogen-bond acceptors (Lipinski definition) is 4. The zero-order chi connectivity index (χ0) is 19.5. The fraction of sp³-hybridized carbons (Fsp3) is 0.500. The smallest absolute Gasteiger partial charge is 0.414 e. The topological polar surface area (TPSA) is 42.0 Å². The first-order chi connectivity index (χ1) is 13.2. The van der Waals surface area contributed by atoms with Crippen molar-refractivity contribution in [3.63, 3.8) is 0 Å². The number of fused-ring (bicyclic) bond motifs is 1. The van der Waals surface area contributed by atoms with Crippen LogP contribution in [-0.4, -0.2) is 50.9 Å². The minimum absolute atomic E-state index is 0.246. The third-order valence-electron chi connectivity index (χ3n) is 4.48. The molecule has 0 saturated carbocycles. The number of nitrogens with zero attached hydrogens (tertiary/aromatic N) is 2. The molecule has 1 aliphatic rings. The Morgan fingerprint density at radius 3 is 2.96 bits per heavy atom. The Labute approximate surface area is 163 Å². The summed E-state index contributed by atoms with van der Waals surface area (Å²) in [7, 11) is 2.05. The van der Waals surface area contributed by atoms with Gasteiger partial charge in [0, 0.05) is 19.6 Å². The van der Waals surface area contributed by atoms with Crippen LogP contribution in [0.5, 0.6) is 5.75 Å². The van der Waals surface area contributed by atoms with Crippen LogP contribution in [0.4, 0.5) is 10.5 Å². The number of hydrogen-bond donors (Lipinski definition) is 0. The molecule has 0 saturated heterocycles. The van der Waals surface area contributed by atoms with Crippen LogP contribution in [0.25, 0.3) is 0 Å². The van der Waals surface area contributed by atoms with Gasteiger partial charge in [-0.25, -0.2) is 4.79 Å². The average molecular weight is 373 g/mol. The number of aryl methyl sites for hydroxylation is 1. The molecule has 0 atom stereocenters. The normalized spacial score (nSPS) is 13.7. The molecule has 0 fully saturated rings. The maximum atomic E-state index is 12.3. The minimum atomic E-state index is -0.246. The van der Waals surface area contributed by atoms with Crippen LogP contribution < -0.4 is 9.64 Å². The lowest BCUT2D eigenvalue weighted by Crippen LogP contribution is -2.36. The largest absolute Gasteiger partial charge is 0.490 e. The summed E-state index contributed by atoms with van der Waals surface area (Å²) in [6.45, 7) is 9.28. The first-order valence-electron chi connectivity index (χ1n) is 9.80. The first kappa shape index (κ1) is 21.0. The van der Waals surface area contributed by atoms with Gasteiger partial charge in [-0.1, -0.05) is 31.6 Å². The van der Waals surface area contributed by atoms with Gasteiger partial charge in [-0.3, -0.25) is 9.80 Å². The van der Waals surface area contributed by atoms with Gasteiger partial charge in [-0.15, -0.1) is 6.58 Å². The van der Waals surface area contributed by atoms with Crippen molar-refractivity contribution >= 4 is 11.8 Å². The number of carbonyl (C=O) groups excluding carboxylic acids is 1. The highest BCUT2D eigenvalue weighted by Crippen LogP contribution is 2.31. The van der Waals surface area contributed by atoms with Crippen LogP contribution in [0.3, 0.4) is 0 Å². The number of likely N-dealkylation sites (N-methyl/N-ethyl adjacent to an activating group) is 1. The van der Waals surface area contributed by atoms with Crippen LogP contribution in [0.2, 0.25) is 0 Å². The van der Waals surface area contributed by atoms with E-state index in [1.807, 2.05) is 30.4 Å². The molecule has 0 unspecified atom stereocenters. The van der Waals surface area contributed by atoms with Crippen molar-refractivity contribution < 1.29 is 14.3 Å². The van der Waals surface area contributed by atoms with E-state index in [-0.39, 0.29) is 6.09 Å². The average Bonchev–Trinajstić information content (AvgIpc) is 2.67. The van der Waals surface area contributed by atoms with E-state index in [0.717, 1.165) is 55.8 Å². The molecule has 1 aliphatic heterocycles. The van der Waals surface area contributed by atoms with Gasteiger partial charge in [0.25, 0.3) is 0 Å². The van der Waals surface area contributed by atoms with E-state index in [2.05, 4.69) is 31.5 Å². The van der Waals surface area contributed by atoms with E-state index < -0.39 is 0 Å². The van der Waals surface area contributed by atoms with Crippen molar-refractivity contribution in [1.82, 2.24) is 4.90 Å². The second-order valence-corrected chi connectivity index (χ2v) is 6.81. The van der Waals surface area contributed by atoms with E-state index in [9.17, 15) is 4.79 Å². The zero-order valence-corrected chi connectivity index (χ0v) is 16.7. The van der Waals surface area contributed by atoms with Crippen LogP contribution >= 0.6 is 0 Å². The van der Waals surface area contributed by atoms with E-state index in [1.165, 1.54) is 0 Å². The molecular formula is C22H32N2O3. The maximum Gasteiger partial charge on any atom is 0.414 e. The second-order valence-electron chi connectivity index (χ2n) is 6.81. The molecule has 148 valence electrons. The van der Waals surface area contributed by atoms with Gasteiger partial charge in [0.2, 0.25) is 0 Å². The lowest BCUT2D eigenvalue weighted by molar-refractivity contribution is 0.151. The molecule has 1 amide bonds. The highest BCUT2D eigenvalue weighted by atomic mass is 16.6. The van der Waals surface area contributed by atoms with Gasteiger partial charge in [0.1, 0.15) is 12.4 Å². The molecule has 1 aromatic carbocycles. The molecule has 0 radical (unpaired) electrons. The Morgan fingerprint density at radius 1 is 1.33 bits per heavy atom. The monoisotopic (exact) mass is 372 g/mol. The molecule has 1 heterocycles. The summed E-state index contributed by atoms with van der Waals surface area (Å²) in [6, 6.07) is 5.93. The van der Waals surface area contributed by atoms with Gasteiger partial charge in [-0.2, -0.15) is 0 Å². The van der Waals surface area contributed by atoms with Crippen LogP contribution in [0.1, 0.15) is 31.7 Å². The van der Waals surface area contributed by atoms with Crippen molar-refractivity contribution in [3.8, 4) is 5.75 Å². The van der Waals surface area contributed by atoms with Gasteiger partial charge < -0.3 is 9.47 Å². The lowest BCUT2D eigenvalue weighted by Gasteiger charge is -2.29. The molecule has 0 spiro atoms. The number of anilines is 1. The number of carbonyl (C=O) groups is 1. The van der Waals surface area contributed by atoms with Crippen molar-refractivity contribution in [2.45, 2.75) is 32.6 Å². The minimum Gasteiger partial charge on any atom is -0.490 e.